The molecular weight excluding hydrogens is 418 g/mol. The highest BCUT2D eigenvalue weighted by atomic mass is 32.2. The number of carbonyl (C=O) groups is 2. The third-order valence-electron chi connectivity index (χ3n) is 4.80. The molecule has 8 nitrogen and oxygen atoms in total. The smallest absolute Gasteiger partial charge is 0.331 e. The molecule has 1 heterocycles. The van der Waals surface area contributed by atoms with E-state index < -0.39 is 28.6 Å². The largest absolute Gasteiger partial charge is 0.454 e. The molecule has 2 aromatic carbocycles. The molecule has 0 bridgehead atoms. The Kier molecular flexibility index (Phi) is 6.74. The molecule has 0 saturated heterocycles. The van der Waals surface area contributed by atoms with Gasteiger partial charge in [0.2, 0.25) is 0 Å². The summed E-state index contributed by atoms with van der Waals surface area (Å²) in [5, 5.41) is 0. The molecule has 0 spiro atoms. The number of nitrogens with one attached hydrogen (secondary N) is 1. The van der Waals surface area contributed by atoms with Gasteiger partial charge < -0.3 is 9.64 Å². The predicted molar refractivity (Wildman–Crippen MR) is 116 cm³/mol. The molecular formula is C22H25N3O5S. The van der Waals surface area contributed by atoms with Crippen molar-refractivity contribution in [3.8, 4) is 0 Å². The number of benzene rings is 2. The first kappa shape index (κ1) is 22.5. The molecule has 2 aromatic rings. The minimum Gasteiger partial charge on any atom is -0.454 e. The molecule has 31 heavy (non-hydrogen) atoms. The maximum Gasteiger partial charge on any atom is 0.331 e. The Labute approximate surface area is 182 Å². The van der Waals surface area contributed by atoms with Crippen molar-refractivity contribution in [2.75, 3.05) is 6.61 Å². The number of esters is 1. The van der Waals surface area contributed by atoms with Crippen LogP contribution in [0.2, 0.25) is 0 Å². The molecule has 164 valence electrons. The highest BCUT2D eigenvalue weighted by Crippen LogP contribution is 2.22. The van der Waals surface area contributed by atoms with Gasteiger partial charge in [0.05, 0.1) is 4.90 Å². The van der Waals surface area contributed by atoms with Crippen LogP contribution in [0.25, 0.3) is 0 Å². The number of amidine groups is 1. The van der Waals surface area contributed by atoms with Gasteiger partial charge in [-0.25, -0.2) is 13.2 Å². The monoisotopic (exact) mass is 443 g/mol. The maximum atomic E-state index is 12.6. The van der Waals surface area contributed by atoms with Crippen molar-refractivity contribution >= 4 is 27.7 Å². The van der Waals surface area contributed by atoms with Crippen LogP contribution in [-0.4, -0.2) is 49.7 Å². The molecule has 0 unspecified atom stereocenters. The Balaban J connectivity index is 1.63. The Morgan fingerprint density at radius 1 is 1.03 bits per heavy atom. The number of sulfonamides is 1. The summed E-state index contributed by atoms with van der Waals surface area (Å²) in [4.78, 5) is 30.9. The Morgan fingerprint density at radius 3 is 2.35 bits per heavy atom. The second-order valence-corrected chi connectivity index (χ2v) is 9.11. The van der Waals surface area contributed by atoms with Crippen molar-refractivity contribution in [1.82, 2.24) is 9.62 Å². The molecule has 1 N–H and O–H groups in total. The number of amides is 1. The summed E-state index contributed by atoms with van der Waals surface area (Å²) in [5.74, 6) is -0.953. The third-order valence-corrected chi connectivity index (χ3v) is 6.20. The molecule has 3 rings (SSSR count). The molecule has 0 saturated carbocycles. The van der Waals surface area contributed by atoms with Gasteiger partial charge in [-0.1, -0.05) is 42.5 Å². The molecule has 1 atom stereocenters. The summed E-state index contributed by atoms with van der Waals surface area (Å²) >= 11 is 0. The van der Waals surface area contributed by atoms with E-state index in [4.69, 9.17) is 4.74 Å². The van der Waals surface area contributed by atoms with E-state index in [1.54, 1.807) is 23.1 Å². The van der Waals surface area contributed by atoms with Gasteiger partial charge in [-0.3, -0.25) is 14.5 Å². The minimum absolute atomic E-state index is 0.0755. The number of rotatable bonds is 7. The topological polar surface area (TPSA) is 105 Å². The first-order valence-electron chi connectivity index (χ1n) is 9.89. The number of aliphatic imine (C=N–C) groups is 1. The summed E-state index contributed by atoms with van der Waals surface area (Å²) < 4.78 is 31.8. The molecule has 1 amide bonds. The lowest BCUT2D eigenvalue weighted by atomic mass is 10.2. The van der Waals surface area contributed by atoms with E-state index in [1.165, 1.54) is 13.0 Å². The van der Waals surface area contributed by atoms with Gasteiger partial charge in [-0.05, 0) is 38.5 Å². The molecule has 9 heteroatoms. The van der Waals surface area contributed by atoms with Gasteiger partial charge in [0.15, 0.2) is 6.61 Å². The van der Waals surface area contributed by atoms with Crippen molar-refractivity contribution in [2.45, 2.75) is 44.3 Å². The molecule has 0 aliphatic carbocycles. The van der Waals surface area contributed by atoms with E-state index in [2.05, 4.69) is 9.71 Å². The average molecular weight is 444 g/mol. The number of hydrogen-bond acceptors (Lipinski definition) is 6. The summed E-state index contributed by atoms with van der Waals surface area (Å²) in [5.41, 5.74) is 1.37. The molecule has 0 fully saturated rings. The van der Waals surface area contributed by atoms with Crippen molar-refractivity contribution < 1.29 is 22.7 Å². The first-order chi connectivity index (χ1) is 14.7. The van der Waals surface area contributed by atoms with Gasteiger partial charge in [0.1, 0.15) is 11.9 Å². The van der Waals surface area contributed by atoms with Gasteiger partial charge in [-0.2, -0.15) is 0 Å². The summed E-state index contributed by atoms with van der Waals surface area (Å²) in [6.07, 6.45) is 0. The summed E-state index contributed by atoms with van der Waals surface area (Å²) in [6, 6.07) is 14.9. The maximum absolute atomic E-state index is 12.6. The number of hydrogen-bond donors (Lipinski definition) is 1. The van der Waals surface area contributed by atoms with Crippen LogP contribution in [-0.2, 0) is 30.9 Å². The second kappa shape index (κ2) is 9.30. The highest BCUT2D eigenvalue weighted by Gasteiger charge is 2.31. The van der Waals surface area contributed by atoms with E-state index in [-0.39, 0.29) is 22.7 Å². The molecule has 1 aliphatic rings. The fourth-order valence-corrected chi connectivity index (χ4v) is 4.39. The molecule has 0 aromatic heterocycles. The lowest BCUT2D eigenvalue weighted by Crippen LogP contribution is -2.39. The van der Waals surface area contributed by atoms with Crippen LogP contribution in [0.4, 0.5) is 0 Å². The second-order valence-electron chi connectivity index (χ2n) is 7.46. The van der Waals surface area contributed by atoms with Crippen LogP contribution in [0, 0.1) is 0 Å². The summed E-state index contributed by atoms with van der Waals surface area (Å²) in [6.45, 7) is 5.26. The van der Waals surface area contributed by atoms with Gasteiger partial charge >= 0.3 is 5.97 Å². The SMILES string of the molecule is CC(C)N(Cc1ccccc1)C(=O)COC(=O)[C@H](C)N=C1NS(=O)(=O)c2ccccc21. The normalized spacial score (nSPS) is 16.5. The van der Waals surface area contributed by atoms with Crippen molar-refractivity contribution in [1.29, 1.82) is 0 Å². The number of carbonyl (C=O) groups excluding carboxylic acids is 2. The number of ether oxygens (including phenoxy) is 1. The first-order valence-corrected chi connectivity index (χ1v) is 11.4. The zero-order valence-electron chi connectivity index (χ0n) is 17.6. The van der Waals surface area contributed by atoms with Crippen LogP contribution in [0.1, 0.15) is 31.9 Å². The van der Waals surface area contributed by atoms with Gasteiger partial charge in [0.25, 0.3) is 15.9 Å². The highest BCUT2D eigenvalue weighted by molar-refractivity contribution is 7.90. The fraction of sp³-hybridized carbons (Fsp3) is 0.318. The lowest BCUT2D eigenvalue weighted by Gasteiger charge is -2.26. The van der Waals surface area contributed by atoms with Crippen LogP contribution in [0.3, 0.4) is 0 Å². The van der Waals surface area contributed by atoms with Crippen molar-refractivity contribution in [2.24, 2.45) is 4.99 Å². The predicted octanol–water partition coefficient (Wildman–Crippen LogP) is 2.09. The number of fused-ring (bicyclic) bond motifs is 1. The lowest BCUT2D eigenvalue weighted by molar-refractivity contribution is -0.153. The van der Waals surface area contributed by atoms with Gasteiger partial charge in [-0.15, -0.1) is 0 Å². The van der Waals surface area contributed by atoms with E-state index >= 15 is 0 Å². The van der Waals surface area contributed by atoms with Crippen LogP contribution < -0.4 is 4.72 Å². The van der Waals surface area contributed by atoms with Crippen molar-refractivity contribution in [3.05, 3.63) is 65.7 Å². The average Bonchev–Trinajstić information content (AvgIpc) is 3.00. The third kappa shape index (κ3) is 5.29. The zero-order chi connectivity index (χ0) is 22.6. The standard InChI is InChI=1S/C22H25N3O5S/c1-15(2)25(13-17-9-5-4-6-10-17)20(26)14-30-22(27)16(3)23-21-18-11-7-8-12-19(18)31(28,29)24-21/h4-12,15-16H,13-14H2,1-3H3,(H,23,24)/t16-/m0/s1. The van der Waals surface area contributed by atoms with E-state index in [0.29, 0.717) is 12.1 Å². The zero-order valence-corrected chi connectivity index (χ0v) is 18.4. The van der Waals surface area contributed by atoms with E-state index in [9.17, 15) is 18.0 Å². The summed E-state index contributed by atoms with van der Waals surface area (Å²) in [7, 11) is -3.70. The van der Waals surface area contributed by atoms with Crippen LogP contribution in [0.5, 0.6) is 0 Å². The minimum atomic E-state index is -3.70. The van der Waals surface area contributed by atoms with Crippen LogP contribution >= 0.6 is 0 Å². The Bertz CT molecular complexity index is 1100. The van der Waals surface area contributed by atoms with Gasteiger partial charge in [0, 0.05) is 18.2 Å². The Morgan fingerprint density at radius 2 is 1.68 bits per heavy atom. The van der Waals surface area contributed by atoms with Crippen molar-refractivity contribution in [3.63, 3.8) is 0 Å². The van der Waals surface area contributed by atoms with Crippen LogP contribution in [0.15, 0.2) is 64.5 Å². The fourth-order valence-electron chi connectivity index (χ4n) is 3.15. The van der Waals surface area contributed by atoms with E-state index in [1.807, 2.05) is 44.2 Å². The number of nitrogens with zero attached hydrogens (tertiary/aromatic N) is 2. The van der Waals surface area contributed by atoms with E-state index in [0.717, 1.165) is 5.56 Å². The Hall–Kier alpha value is -3.20. The molecule has 0 radical (unpaired) electrons. The molecule has 1 aliphatic heterocycles. The quantitative estimate of drug-likeness (QED) is 0.660.